The number of carbonyl (C=O) groups is 1. The molecule has 0 saturated heterocycles. The Balaban J connectivity index is 1.85. The van der Waals surface area contributed by atoms with E-state index in [-0.39, 0.29) is 17.5 Å². The summed E-state index contributed by atoms with van der Waals surface area (Å²) in [7, 11) is -3.96. The SMILES string of the molecule is CCc1ccc([C@@H](C)NC(=O)CN(c2cccc(Cl)c2)S(=O)(=O)c2ccccc2)cc1. The number of amides is 1. The zero-order valence-electron chi connectivity index (χ0n) is 17.5. The van der Waals surface area contributed by atoms with E-state index >= 15 is 0 Å². The standard InChI is InChI=1S/C24H25ClN2O3S/c1-3-19-12-14-20(15-13-19)18(2)26-24(28)17-27(22-9-7-8-21(25)16-22)31(29,30)23-10-5-4-6-11-23/h4-16,18H,3,17H2,1-2H3,(H,26,28)/t18-/m1/s1. The molecule has 162 valence electrons. The fourth-order valence-corrected chi connectivity index (χ4v) is 4.83. The van der Waals surface area contributed by atoms with Gasteiger partial charge in [-0.25, -0.2) is 8.42 Å². The Kier molecular flexibility index (Phi) is 7.36. The van der Waals surface area contributed by atoms with Crippen LogP contribution in [-0.4, -0.2) is 20.9 Å². The molecule has 3 rings (SSSR count). The van der Waals surface area contributed by atoms with Crippen LogP contribution in [0.15, 0.2) is 83.8 Å². The van der Waals surface area contributed by atoms with E-state index in [0.29, 0.717) is 10.7 Å². The number of benzene rings is 3. The number of halogens is 1. The molecule has 5 nitrogen and oxygen atoms in total. The van der Waals surface area contributed by atoms with Crippen LogP contribution in [0.25, 0.3) is 0 Å². The highest BCUT2D eigenvalue weighted by Gasteiger charge is 2.27. The molecular formula is C24H25ClN2O3S. The summed E-state index contributed by atoms with van der Waals surface area (Å²) in [5.74, 6) is -0.411. The average Bonchev–Trinajstić information content (AvgIpc) is 2.78. The van der Waals surface area contributed by atoms with Gasteiger partial charge in [-0.1, -0.05) is 67.1 Å². The quantitative estimate of drug-likeness (QED) is 0.520. The molecule has 1 atom stereocenters. The van der Waals surface area contributed by atoms with Crippen molar-refractivity contribution in [2.45, 2.75) is 31.2 Å². The number of nitrogens with zero attached hydrogens (tertiary/aromatic N) is 1. The first-order valence-electron chi connectivity index (χ1n) is 10.0. The first kappa shape index (κ1) is 22.8. The second-order valence-corrected chi connectivity index (χ2v) is 9.49. The maximum atomic E-state index is 13.3. The molecule has 0 aliphatic rings. The van der Waals surface area contributed by atoms with Crippen molar-refractivity contribution >= 4 is 33.2 Å². The monoisotopic (exact) mass is 456 g/mol. The van der Waals surface area contributed by atoms with Gasteiger partial charge in [0.25, 0.3) is 10.0 Å². The minimum atomic E-state index is -3.96. The van der Waals surface area contributed by atoms with E-state index in [9.17, 15) is 13.2 Å². The molecule has 3 aromatic rings. The molecule has 7 heteroatoms. The van der Waals surface area contributed by atoms with Crippen LogP contribution in [0, 0.1) is 0 Å². The fraction of sp³-hybridized carbons (Fsp3) is 0.208. The van der Waals surface area contributed by atoms with Crippen LogP contribution in [0.1, 0.15) is 31.0 Å². The molecule has 1 amide bonds. The highest BCUT2D eigenvalue weighted by atomic mass is 35.5. The van der Waals surface area contributed by atoms with Gasteiger partial charge >= 0.3 is 0 Å². The molecule has 0 aliphatic carbocycles. The largest absolute Gasteiger partial charge is 0.348 e. The van der Waals surface area contributed by atoms with Crippen LogP contribution in [-0.2, 0) is 21.2 Å². The number of rotatable bonds is 8. The van der Waals surface area contributed by atoms with E-state index in [1.165, 1.54) is 23.8 Å². The number of hydrogen-bond acceptors (Lipinski definition) is 3. The molecule has 0 saturated carbocycles. The molecule has 0 bridgehead atoms. The average molecular weight is 457 g/mol. The van der Waals surface area contributed by atoms with Gasteiger partial charge in [-0.05, 0) is 54.8 Å². The van der Waals surface area contributed by atoms with Crippen LogP contribution in [0.3, 0.4) is 0 Å². The van der Waals surface area contributed by atoms with E-state index in [1.54, 1.807) is 36.4 Å². The Labute approximate surface area is 188 Å². The van der Waals surface area contributed by atoms with Crippen LogP contribution in [0.5, 0.6) is 0 Å². The summed E-state index contributed by atoms with van der Waals surface area (Å²) >= 11 is 6.09. The number of aryl methyl sites for hydroxylation is 1. The van der Waals surface area contributed by atoms with Gasteiger partial charge in [-0.15, -0.1) is 0 Å². The zero-order valence-corrected chi connectivity index (χ0v) is 19.0. The van der Waals surface area contributed by atoms with Crippen molar-refractivity contribution in [3.8, 4) is 0 Å². The number of anilines is 1. The number of hydrogen-bond donors (Lipinski definition) is 1. The van der Waals surface area contributed by atoms with E-state index in [1.807, 2.05) is 31.2 Å². The fourth-order valence-electron chi connectivity index (χ4n) is 3.21. The van der Waals surface area contributed by atoms with Crippen LogP contribution in [0.4, 0.5) is 5.69 Å². The topological polar surface area (TPSA) is 66.5 Å². The van der Waals surface area contributed by atoms with E-state index in [2.05, 4.69) is 12.2 Å². The maximum Gasteiger partial charge on any atom is 0.264 e. The summed E-state index contributed by atoms with van der Waals surface area (Å²) in [5, 5.41) is 3.28. The number of sulfonamides is 1. The minimum absolute atomic E-state index is 0.103. The van der Waals surface area contributed by atoms with E-state index < -0.39 is 15.9 Å². The van der Waals surface area contributed by atoms with Gasteiger partial charge < -0.3 is 5.32 Å². The van der Waals surface area contributed by atoms with Crippen LogP contribution < -0.4 is 9.62 Å². The second kappa shape index (κ2) is 9.98. The highest BCUT2D eigenvalue weighted by Crippen LogP contribution is 2.26. The van der Waals surface area contributed by atoms with Gasteiger partial charge in [0, 0.05) is 5.02 Å². The molecule has 0 aromatic heterocycles. The second-order valence-electron chi connectivity index (χ2n) is 7.19. The van der Waals surface area contributed by atoms with Crippen molar-refractivity contribution in [3.63, 3.8) is 0 Å². The smallest absolute Gasteiger partial charge is 0.264 e. The molecule has 0 spiro atoms. The third-order valence-corrected chi connectivity index (χ3v) is 7.00. The molecule has 3 aromatic carbocycles. The van der Waals surface area contributed by atoms with Crippen molar-refractivity contribution in [3.05, 3.63) is 95.0 Å². The van der Waals surface area contributed by atoms with Gasteiger partial charge in [0.05, 0.1) is 16.6 Å². The maximum absolute atomic E-state index is 13.3. The first-order chi connectivity index (χ1) is 14.8. The van der Waals surface area contributed by atoms with E-state index in [0.717, 1.165) is 16.3 Å². The van der Waals surface area contributed by atoms with Crippen molar-refractivity contribution in [1.29, 1.82) is 0 Å². The Morgan fingerprint density at radius 1 is 1.00 bits per heavy atom. The number of nitrogens with one attached hydrogen (secondary N) is 1. The summed E-state index contributed by atoms with van der Waals surface area (Å²) in [4.78, 5) is 12.9. The van der Waals surface area contributed by atoms with Crippen LogP contribution >= 0.6 is 11.6 Å². The summed E-state index contributed by atoms with van der Waals surface area (Å²) in [6.07, 6.45) is 0.937. The number of carbonyl (C=O) groups excluding carboxylic acids is 1. The van der Waals surface area contributed by atoms with Crippen molar-refractivity contribution in [2.24, 2.45) is 0 Å². The van der Waals surface area contributed by atoms with Gasteiger partial charge in [-0.3, -0.25) is 9.10 Å². The van der Waals surface area contributed by atoms with Crippen LogP contribution in [0.2, 0.25) is 5.02 Å². The first-order valence-corrected chi connectivity index (χ1v) is 11.8. The highest BCUT2D eigenvalue weighted by molar-refractivity contribution is 7.92. The van der Waals surface area contributed by atoms with Gasteiger partial charge in [0.15, 0.2) is 0 Å². The Morgan fingerprint density at radius 3 is 2.29 bits per heavy atom. The lowest BCUT2D eigenvalue weighted by Crippen LogP contribution is -2.41. The minimum Gasteiger partial charge on any atom is -0.348 e. The third kappa shape index (κ3) is 5.66. The zero-order chi connectivity index (χ0) is 22.4. The predicted molar refractivity (Wildman–Crippen MR) is 125 cm³/mol. The van der Waals surface area contributed by atoms with Gasteiger partial charge in [0.1, 0.15) is 6.54 Å². The lowest BCUT2D eigenvalue weighted by Gasteiger charge is -2.25. The molecule has 0 radical (unpaired) electrons. The molecule has 0 unspecified atom stereocenters. The van der Waals surface area contributed by atoms with Crippen molar-refractivity contribution in [2.75, 3.05) is 10.8 Å². The molecule has 0 aliphatic heterocycles. The summed E-state index contributed by atoms with van der Waals surface area (Å²) in [5.41, 5.74) is 2.49. The molecule has 0 heterocycles. The molecule has 0 fully saturated rings. The van der Waals surface area contributed by atoms with Gasteiger partial charge in [-0.2, -0.15) is 0 Å². The van der Waals surface area contributed by atoms with Crippen molar-refractivity contribution < 1.29 is 13.2 Å². The third-order valence-electron chi connectivity index (χ3n) is 4.98. The molecule has 31 heavy (non-hydrogen) atoms. The van der Waals surface area contributed by atoms with Crippen molar-refractivity contribution in [1.82, 2.24) is 5.32 Å². The molecular weight excluding hydrogens is 432 g/mol. The Morgan fingerprint density at radius 2 is 1.68 bits per heavy atom. The summed E-state index contributed by atoms with van der Waals surface area (Å²) < 4.78 is 27.7. The Hall–Kier alpha value is -2.83. The lowest BCUT2D eigenvalue weighted by atomic mass is 10.1. The summed E-state index contributed by atoms with van der Waals surface area (Å²) in [6, 6.07) is 22.2. The van der Waals surface area contributed by atoms with E-state index in [4.69, 9.17) is 11.6 Å². The lowest BCUT2D eigenvalue weighted by molar-refractivity contribution is -0.120. The molecule has 1 N–H and O–H groups in total. The Bertz CT molecular complexity index is 1130. The normalized spacial score (nSPS) is 12.2. The summed E-state index contributed by atoms with van der Waals surface area (Å²) in [6.45, 7) is 3.58. The van der Waals surface area contributed by atoms with Gasteiger partial charge in [0.2, 0.25) is 5.91 Å². The predicted octanol–water partition coefficient (Wildman–Crippen LogP) is 4.98.